The minimum absolute atomic E-state index is 0.0491. The van der Waals surface area contributed by atoms with Gasteiger partial charge in [0, 0.05) is 49.6 Å². The number of ether oxygens (including phenoxy) is 2. The summed E-state index contributed by atoms with van der Waals surface area (Å²) in [7, 11) is 0. The Labute approximate surface area is 333 Å². The maximum Gasteiger partial charge on any atom is 0.252 e. The van der Waals surface area contributed by atoms with Crippen LogP contribution in [0.4, 0.5) is 0 Å². The van der Waals surface area contributed by atoms with Crippen LogP contribution in [0.2, 0.25) is 0 Å². The van der Waals surface area contributed by atoms with Gasteiger partial charge in [-0.15, -0.1) is 0 Å². The number of hydrogen-bond acceptors (Lipinski definition) is 10. The Morgan fingerprint density at radius 3 is 2.77 bits per heavy atom. The molecule has 9 rings (SSSR count). The van der Waals surface area contributed by atoms with E-state index in [4.69, 9.17) is 20.2 Å². The number of fused-ring (bicyclic) bond motifs is 8. The second-order valence-corrected chi connectivity index (χ2v) is 17.0. The molecule has 7 aliphatic rings. The number of aryl methyl sites for hydroxylation is 1. The van der Waals surface area contributed by atoms with E-state index in [1.165, 1.54) is 11.6 Å². The maximum absolute atomic E-state index is 13.1. The standard InChI is InChI=1S/C46H50N4O7/c1-26-4-7-33(40(54)18-26)41(55)21-29(51)6-5-27-20-43-42(22-39(27)53)56-17-15-46(13-2-3-14-46)36-10-11-38(52)31-8-9-32-30(12-16-48-44(32)47)34(31)19-28-23-49-37-25-50(24-35(28)37)45(36)57-43/h4,7-9,20,22-23,25-26,33,36,38,40-41,44-45,48,52-55H,2-3,5-6,12-14,16,18-19,21,24,47H2,1H3/p+1. The molecule has 1 spiro atoms. The normalized spacial score (nSPS) is 30.8. The highest BCUT2D eigenvalue weighted by molar-refractivity contribution is 5.87. The van der Waals surface area contributed by atoms with E-state index in [0.29, 0.717) is 30.7 Å². The maximum atomic E-state index is 13.1. The van der Waals surface area contributed by atoms with Crippen molar-refractivity contribution in [1.82, 2.24) is 5.32 Å². The Balaban J connectivity index is 1.06. The van der Waals surface area contributed by atoms with Crippen molar-refractivity contribution in [2.75, 3.05) is 13.1 Å². The third kappa shape index (κ3) is 7.12. The fraction of sp³-hybridized carbons (Fsp3) is 0.478. The summed E-state index contributed by atoms with van der Waals surface area (Å²) >= 11 is 0. The Kier molecular flexibility index (Phi) is 10.1. The van der Waals surface area contributed by atoms with Crippen LogP contribution in [0.1, 0.15) is 92.0 Å². The van der Waals surface area contributed by atoms with Crippen molar-refractivity contribution in [3.8, 4) is 41.1 Å². The van der Waals surface area contributed by atoms with Gasteiger partial charge in [-0.3, -0.25) is 20.0 Å². The number of Topliss-reactive ketones (excluding diaryl/α,β-unsaturated/α-hetero) is 1. The molecule has 1 fully saturated rings. The number of carbonyl (C=O) groups is 1. The summed E-state index contributed by atoms with van der Waals surface area (Å²) in [4.78, 5) is 19.0. The average molecular weight is 772 g/mol. The fourth-order valence-corrected chi connectivity index (χ4v) is 10.1. The van der Waals surface area contributed by atoms with Crippen LogP contribution in [0, 0.1) is 47.0 Å². The van der Waals surface area contributed by atoms with Crippen molar-refractivity contribution in [3.05, 3.63) is 87.3 Å². The zero-order valence-corrected chi connectivity index (χ0v) is 32.3. The number of nitrogens with one attached hydrogen (secondary N) is 2. The molecular formula is C46H51N4O7+. The summed E-state index contributed by atoms with van der Waals surface area (Å²) < 4.78 is 13.1. The smallest absolute Gasteiger partial charge is 0.252 e. The van der Waals surface area contributed by atoms with E-state index in [-0.39, 0.29) is 48.6 Å². The van der Waals surface area contributed by atoms with Gasteiger partial charge >= 0.3 is 0 Å². The van der Waals surface area contributed by atoms with Crippen molar-refractivity contribution < 1.29 is 39.6 Å². The van der Waals surface area contributed by atoms with Crippen LogP contribution in [-0.2, 0) is 24.1 Å². The van der Waals surface area contributed by atoms with E-state index in [2.05, 4.69) is 35.4 Å². The van der Waals surface area contributed by atoms with Gasteiger partial charge in [0.2, 0.25) is 0 Å². The molecule has 2 aliphatic carbocycles. The monoisotopic (exact) mass is 771 g/mol. The molecule has 2 aromatic rings. The summed E-state index contributed by atoms with van der Waals surface area (Å²) in [5, 5.41) is 47.8. The molecule has 296 valence electrons. The van der Waals surface area contributed by atoms with Crippen molar-refractivity contribution in [1.29, 1.82) is 0 Å². The first-order chi connectivity index (χ1) is 27.6. The van der Waals surface area contributed by atoms with Crippen LogP contribution in [0.15, 0.2) is 64.5 Å². The number of hydrogen-bond donors (Lipinski definition) is 7. The average Bonchev–Trinajstić information content (AvgIpc) is 3.93. The van der Waals surface area contributed by atoms with Crippen molar-refractivity contribution >= 4 is 12.0 Å². The van der Waals surface area contributed by atoms with Gasteiger partial charge in [0.1, 0.15) is 48.1 Å². The number of phenolic OH excluding ortho intramolecular Hbond substituents is 1. The predicted molar refractivity (Wildman–Crippen MR) is 213 cm³/mol. The van der Waals surface area contributed by atoms with Crippen LogP contribution < -0.4 is 25.4 Å². The van der Waals surface area contributed by atoms with Gasteiger partial charge in [0.05, 0.1) is 23.8 Å². The lowest BCUT2D eigenvalue weighted by atomic mass is 9.73. The van der Waals surface area contributed by atoms with Crippen LogP contribution in [0.5, 0.6) is 17.2 Å². The quantitative estimate of drug-likeness (QED) is 0.172. The lowest BCUT2D eigenvalue weighted by Gasteiger charge is -2.36. The molecule has 9 atom stereocenters. The van der Waals surface area contributed by atoms with Crippen molar-refractivity contribution in [2.24, 2.45) is 33.9 Å². The number of allylic oxidation sites excluding steroid dienone is 2. The minimum atomic E-state index is -1.06. The Bertz CT molecular complexity index is 2230. The Hall–Kier alpha value is -4.72. The number of aliphatic hydroxyl groups is 3. The predicted octanol–water partition coefficient (Wildman–Crippen LogP) is 2.97. The summed E-state index contributed by atoms with van der Waals surface area (Å²) in [6.45, 7) is 3.38. The zero-order valence-electron chi connectivity index (χ0n) is 32.3. The Morgan fingerprint density at radius 1 is 1.12 bits per heavy atom. The number of nitrogens with two attached hydrogens (primary N) is 1. The number of quaternary nitrogens is 1. The molecule has 2 aromatic carbocycles. The first kappa shape index (κ1) is 37.8. The van der Waals surface area contributed by atoms with Gasteiger partial charge in [0.25, 0.3) is 6.23 Å². The molecule has 2 bridgehead atoms. The van der Waals surface area contributed by atoms with Gasteiger partial charge < -0.3 is 35.6 Å². The summed E-state index contributed by atoms with van der Waals surface area (Å²) in [5.41, 5.74) is 13.6. The third-order valence-electron chi connectivity index (χ3n) is 13.3. The largest absolute Gasteiger partial charge is 0.508 e. The van der Waals surface area contributed by atoms with Crippen LogP contribution >= 0.6 is 0 Å². The van der Waals surface area contributed by atoms with Gasteiger partial charge in [-0.25, -0.2) is 0 Å². The molecule has 0 saturated heterocycles. The zero-order chi connectivity index (χ0) is 39.4. The van der Waals surface area contributed by atoms with E-state index >= 15 is 0 Å². The summed E-state index contributed by atoms with van der Waals surface area (Å²) in [6, 6.07) is 7.19. The number of ketones is 1. The van der Waals surface area contributed by atoms with E-state index in [0.717, 1.165) is 77.1 Å². The third-order valence-corrected chi connectivity index (χ3v) is 13.3. The van der Waals surface area contributed by atoms with Gasteiger partial charge in [-0.05, 0) is 77.5 Å². The molecule has 5 aliphatic heterocycles. The number of nitrogens with zero attached hydrogens (tertiary/aromatic N) is 1. The number of phenols is 1. The second-order valence-electron chi connectivity index (χ2n) is 17.0. The molecular weight excluding hydrogens is 721 g/mol. The molecule has 0 aromatic heterocycles. The summed E-state index contributed by atoms with van der Waals surface area (Å²) in [6.07, 6.45) is 12.9. The van der Waals surface area contributed by atoms with Crippen LogP contribution in [0.3, 0.4) is 0 Å². The molecule has 8 N–H and O–H groups in total. The number of aliphatic imine (C=N–C) groups is 1. The molecule has 1 saturated carbocycles. The topological polar surface area (TPSA) is 171 Å². The Morgan fingerprint density at radius 2 is 1.95 bits per heavy atom. The number of aromatic hydroxyl groups is 1. The second kappa shape index (κ2) is 15.2. The first-order valence-electron chi connectivity index (χ1n) is 20.5. The molecule has 0 radical (unpaired) electrons. The number of aliphatic hydroxyl groups excluding tert-OH is 3. The van der Waals surface area contributed by atoms with Crippen molar-refractivity contribution in [3.63, 3.8) is 0 Å². The molecule has 5 heterocycles. The van der Waals surface area contributed by atoms with E-state index in [1.54, 1.807) is 6.07 Å². The molecule has 11 nitrogen and oxygen atoms in total. The van der Waals surface area contributed by atoms with Crippen LogP contribution in [0.25, 0.3) is 0 Å². The van der Waals surface area contributed by atoms with Gasteiger partial charge in [0.15, 0.2) is 11.5 Å². The molecule has 11 heteroatoms. The van der Waals surface area contributed by atoms with Gasteiger partial charge in [-0.2, -0.15) is 0 Å². The number of carbonyl (C=O) groups excluding carboxylic acids is 1. The van der Waals surface area contributed by atoms with E-state index < -0.39 is 41.8 Å². The molecule has 9 unspecified atom stereocenters. The van der Waals surface area contributed by atoms with E-state index in [9.17, 15) is 25.2 Å². The highest BCUT2D eigenvalue weighted by Crippen LogP contribution is 2.47. The summed E-state index contributed by atoms with van der Waals surface area (Å²) in [5.74, 6) is 10.0. The lowest BCUT2D eigenvalue weighted by Crippen LogP contribution is -3.12. The minimum Gasteiger partial charge on any atom is -0.508 e. The SMILES string of the molecule is CC1C=CC(C(O)CC(=O)CCc2cc3c(cc2O)OC#CC2(CCCC2)C2C#CC(O)c4ccc5c(c4CC4=C6C[NH+](C=C6N=C4)C2O3)CCNC5N)C(O)C1. The fourth-order valence-electron chi connectivity index (χ4n) is 10.1. The highest BCUT2D eigenvalue weighted by Gasteiger charge is 2.51. The van der Waals surface area contributed by atoms with Gasteiger partial charge in [-0.1, -0.05) is 61.8 Å². The molecule has 0 amide bonds. The van der Waals surface area contributed by atoms with E-state index in [1.807, 2.05) is 37.4 Å². The number of benzene rings is 2. The number of rotatable bonds is 6. The first-order valence-corrected chi connectivity index (χ1v) is 20.5. The molecule has 57 heavy (non-hydrogen) atoms. The van der Waals surface area contributed by atoms with Crippen molar-refractivity contribution in [2.45, 2.75) is 102 Å². The highest BCUT2D eigenvalue weighted by atomic mass is 16.5. The van der Waals surface area contributed by atoms with Crippen LogP contribution in [-0.4, -0.2) is 63.9 Å². The lowest BCUT2D eigenvalue weighted by molar-refractivity contribution is -0.891.